The molecule has 0 aliphatic heterocycles. The third-order valence-corrected chi connectivity index (χ3v) is 4.38. The Morgan fingerprint density at radius 2 is 2.10 bits per heavy atom. The van der Waals surface area contributed by atoms with Gasteiger partial charge in [0, 0.05) is 30.0 Å². The lowest BCUT2D eigenvalue weighted by molar-refractivity contribution is 0.0962. The Morgan fingerprint density at radius 3 is 2.97 bits per heavy atom. The number of fused-ring (bicyclic) bond motifs is 1. The first kappa shape index (κ1) is 19.3. The van der Waals surface area contributed by atoms with E-state index in [9.17, 15) is 9.18 Å². The number of nitrogens with one attached hydrogen (secondary N) is 4. The number of nitrogens with zero attached hydrogens (tertiary/aromatic N) is 2. The predicted molar refractivity (Wildman–Crippen MR) is 112 cm³/mol. The fourth-order valence-electron chi connectivity index (χ4n) is 2.90. The largest absolute Gasteiger partial charge is 0.361 e. The van der Waals surface area contributed by atoms with E-state index in [4.69, 9.17) is 4.84 Å². The maximum absolute atomic E-state index is 14.1. The molecule has 4 aromatic rings. The summed E-state index contributed by atoms with van der Waals surface area (Å²) < 4.78 is 14.1. The SMILES string of the molecule is CNC(=O)c1cccc(CONc2ncc(F)c(Nc3ccc4cc[nH]c4c3)n2)c1. The Bertz CT molecular complexity index is 1190. The number of carbonyl (C=O) groups excluding carboxylic acids is 1. The zero-order valence-electron chi connectivity index (χ0n) is 16.1. The number of amides is 1. The second-order valence-corrected chi connectivity index (χ2v) is 6.47. The molecule has 0 aliphatic rings. The van der Waals surface area contributed by atoms with Crippen molar-refractivity contribution in [3.05, 3.63) is 77.9 Å². The normalized spacial score (nSPS) is 10.7. The molecule has 4 N–H and O–H groups in total. The molecule has 2 aromatic heterocycles. The van der Waals surface area contributed by atoms with E-state index in [0.717, 1.165) is 22.7 Å². The molecular weight excluding hydrogens is 387 g/mol. The highest BCUT2D eigenvalue weighted by molar-refractivity contribution is 5.94. The van der Waals surface area contributed by atoms with Gasteiger partial charge in [0.2, 0.25) is 5.95 Å². The molecule has 0 spiro atoms. The minimum absolute atomic E-state index is 0.0172. The maximum atomic E-state index is 14.1. The van der Waals surface area contributed by atoms with Crippen LogP contribution < -0.4 is 16.1 Å². The van der Waals surface area contributed by atoms with Crippen LogP contribution in [0, 0.1) is 5.82 Å². The van der Waals surface area contributed by atoms with E-state index in [-0.39, 0.29) is 24.3 Å². The fourth-order valence-corrected chi connectivity index (χ4v) is 2.90. The van der Waals surface area contributed by atoms with Crippen LogP contribution in [0.1, 0.15) is 15.9 Å². The minimum atomic E-state index is -0.592. The number of halogens is 1. The van der Waals surface area contributed by atoms with Gasteiger partial charge < -0.3 is 15.6 Å². The van der Waals surface area contributed by atoms with Crippen LogP contribution in [0.5, 0.6) is 0 Å². The van der Waals surface area contributed by atoms with Gasteiger partial charge in [-0.15, -0.1) is 0 Å². The van der Waals surface area contributed by atoms with Crippen molar-refractivity contribution in [1.82, 2.24) is 20.3 Å². The Kier molecular flexibility index (Phi) is 5.53. The van der Waals surface area contributed by atoms with Crippen LogP contribution in [0.4, 0.5) is 21.8 Å². The van der Waals surface area contributed by atoms with Crippen molar-refractivity contribution in [1.29, 1.82) is 0 Å². The summed E-state index contributed by atoms with van der Waals surface area (Å²) in [6.45, 7) is 0.165. The molecule has 0 unspecified atom stereocenters. The van der Waals surface area contributed by atoms with Gasteiger partial charge in [0.05, 0.1) is 12.8 Å². The standard InChI is InChI=1S/C21H19FN6O2/c1-23-20(29)15-4-2-3-13(9-15)12-30-28-21-25-11-17(22)19(27-21)26-16-6-5-14-7-8-24-18(14)10-16/h2-11,24H,12H2,1H3,(H,23,29)(H2,25,26,27,28). The number of carbonyl (C=O) groups is 1. The molecule has 8 nitrogen and oxygen atoms in total. The summed E-state index contributed by atoms with van der Waals surface area (Å²) in [7, 11) is 1.57. The molecule has 4 rings (SSSR count). The number of benzene rings is 2. The van der Waals surface area contributed by atoms with E-state index in [0.29, 0.717) is 11.3 Å². The Morgan fingerprint density at radius 1 is 1.20 bits per heavy atom. The van der Waals surface area contributed by atoms with Gasteiger partial charge in [-0.2, -0.15) is 4.98 Å². The quantitative estimate of drug-likeness (QED) is 0.349. The number of H-pyrrole nitrogens is 1. The molecule has 0 fully saturated rings. The highest BCUT2D eigenvalue weighted by Crippen LogP contribution is 2.22. The molecule has 2 aromatic carbocycles. The summed E-state index contributed by atoms with van der Waals surface area (Å²) in [5.41, 5.74) is 5.52. The molecule has 0 saturated heterocycles. The van der Waals surface area contributed by atoms with Crippen LogP contribution >= 0.6 is 0 Å². The van der Waals surface area contributed by atoms with Crippen molar-refractivity contribution in [3.8, 4) is 0 Å². The Hall–Kier alpha value is -3.98. The first-order valence-electron chi connectivity index (χ1n) is 9.18. The second kappa shape index (κ2) is 8.58. The number of hydrogen-bond donors (Lipinski definition) is 4. The molecule has 0 radical (unpaired) electrons. The summed E-state index contributed by atoms with van der Waals surface area (Å²) in [4.78, 5) is 28.2. The van der Waals surface area contributed by atoms with Gasteiger partial charge >= 0.3 is 0 Å². The van der Waals surface area contributed by atoms with E-state index in [1.165, 1.54) is 0 Å². The van der Waals surface area contributed by atoms with Crippen LogP contribution in [0.3, 0.4) is 0 Å². The Labute approximate surface area is 171 Å². The summed E-state index contributed by atoms with van der Waals surface area (Å²) in [5.74, 6) is -0.656. The third-order valence-electron chi connectivity index (χ3n) is 4.38. The zero-order valence-corrected chi connectivity index (χ0v) is 16.1. The van der Waals surface area contributed by atoms with Gasteiger partial charge in [-0.05, 0) is 41.3 Å². The van der Waals surface area contributed by atoms with Crippen LogP contribution in [0.25, 0.3) is 10.9 Å². The lowest BCUT2D eigenvalue weighted by Crippen LogP contribution is -2.17. The second-order valence-electron chi connectivity index (χ2n) is 6.47. The van der Waals surface area contributed by atoms with Gasteiger partial charge in [0.1, 0.15) is 0 Å². The monoisotopic (exact) mass is 406 g/mol. The predicted octanol–water partition coefficient (Wildman–Crippen LogP) is 3.74. The average molecular weight is 406 g/mol. The number of anilines is 3. The van der Waals surface area contributed by atoms with E-state index < -0.39 is 5.82 Å². The van der Waals surface area contributed by atoms with Gasteiger partial charge in [-0.3, -0.25) is 9.63 Å². The third kappa shape index (κ3) is 4.36. The van der Waals surface area contributed by atoms with E-state index in [2.05, 4.69) is 31.1 Å². The number of aromatic nitrogens is 3. The molecule has 0 bridgehead atoms. The summed E-state index contributed by atoms with van der Waals surface area (Å²) in [6, 6.07) is 14.6. The smallest absolute Gasteiger partial charge is 0.251 e. The van der Waals surface area contributed by atoms with Crippen LogP contribution in [-0.4, -0.2) is 27.9 Å². The van der Waals surface area contributed by atoms with Crippen molar-refractivity contribution >= 4 is 34.3 Å². The summed E-state index contributed by atoms with van der Waals surface area (Å²) in [6.07, 6.45) is 2.89. The zero-order chi connectivity index (χ0) is 20.9. The van der Waals surface area contributed by atoms with Crippen molar-refractivity contribution in [3.63, 3.8) is 0 Å². The maximum Gasteiger partial charge on any atom is 0.251 e. The highest BCUT2D eigenvalue weighted by Gasteiger charge is 2.09. The lowest BCUT2D eigenvalue weighted by Gasteiger charge is -2.10. The number of rotatable bonds is 7. The van der Waals surface area contributed by atoms with Gasteiger partial charge in [0.25, 0.3) is 5.91 Å². The van der Waals surface area contributed by atoms with Crippen LogP contribution in [0.2, 0.25) is 0 Å². The molecule has 0 aliphatic carbocycles. The lowest BCUT2D eigenvalue weighted by atomic mass is 10.1. The average Bonchev–Trinajstić information content (AvgIpc) is 3.23. The van der Waals surface area contributed by atoms with Crippen molar-refractivity contribution in [2.24, 2.45) is 0 Å². The van der Waals surface area contributed by atoms with Crippen LogP contribution in [0.15, 0.2) is 60.9 Å². The minimum Gasteiger partial charge on any atom is -0.361 e. The number of hydrogen-bond acceptors (Lipinski definition) is 6. The van der Waals surface area contributed by atoms with E-state index in [1.807, 2.05) is 36.5 Å². The molecule has 9 heteroatoms. The van der Waals surface area contributed by atoms with Crippen molar-refractivity contribution in [2.75, 3.05) is 17.8 Å². The van der Waals surface area contributed by atoms with E-state index in [1.54, 1.807) is 25.2 Å². The molecular formula is C21H19FN6O2. The first-order valence-corrected chi connectivity index (χ1v) is 9.18. The topological polar surface area (TPSA) is 104 Å². The molecule has 30 heavy (non-hydrogen) atoms. The highest BCUT2D eigenvalue weighted by atomic mass is 19.1. The van der Waals surface area contributed by atoms with E-state index >= 15 is 0 Å². The fraction of sp³-hybridized carbons (Fsp3) is 0.0952. The number of aromatic amines is 1. The van der Waals surface area contributed by atoms with Crippen molar-refractivity contribution < 1.29 is 14.0 Å². The van der Waals surface area contributed by atoms with Crippen LogP contribution in [-0.2, 0) is 11.4 Å². The first-order chi connectivity index (χ1) is 14.6. The molecule has 2 heterocycles. The van der Waals surface area contributed by atoms with Crippen molar-refractivity contribution in [2.45, 2.75) is 6.61 Å². The molecule has 152 valence electrons. The molecule has 0 atom stereocenters. The summed E-state index contributed by atoms with van der Waals surface area (Å²) in [5, 5.41) is 6.57. The summed E-state index contributed by atoms with van der Waals surface area (Å²) >= 11 is 0. The Balaban J connectivity index is 1.41. The molecule has 1 amide bonds. The molecule has 0 saturated carbocycles. The van der Waals surface area contributed by atoms with Gasteiger partial charge in [0.15, 0.2) is 11.6 Å². The van der Waals surface area contributed by atoms with Gasteiger partial charge in [-0.1, -0.05) is 18.2 Å². The van der Waals surface area contributed by atoms with Gasteiger partial charge in [-0.25, -0.2) is 14.9 Å².